The third-order valence-electron chi connectivity index (χ3n) is 3.00. The number of aryl methyl sites for hydroxylation is 1. The van der Waals surface area contributed by atoms with Gasteiger partial charge in [0.1, 0.15) is 12.0 Å². The number of hydrogen-bond donors (Lipinski definition) is 0. The van der Waals surface area contributed by atoms with Crippen molar-refractivity contribution in [3.63, 3.8) is 0 Å². The molecule has 0 N–H and O–H groups in total. The number of nitrogens with zero attached hydrogens (tertiary/aromatic N) is 5. The Morgan fingerprint density at radius 1 is 1.23 bits per heavy atom. The zero-order valence-corrected chi connectivity index (χ0v) is 13.4. The lowest BCUT2D eigenvalue weighted by Gasteiger charge is -2.01. The quantitative estimate of drug-likeness (QED) is 0.543. The molecular weight excluding hydrogens is 345 g/mol. The lowest BCUT2D eigenvalue weighted by molar-refractivity contribution is 0.521. The second-order valence-electron chi connectivity index (χ2n) is 4.50. The van der Waals surface area contributed by atoms with E-state index >= 15 is 0 Å². The van der Waals surface area contributed by atoms with E-state index in [2.05, 4.69) is 20.3 Å². The zero-order valence-electron chi connectivity index (χ0n) is 11.1. The molecule has 0 aliphatic carbocycles. The summed E-state index contributed by atoms with van der Waals surface area (Å²) in [6.45, 7) is 1.78. The van der Waals surface area contributed by atoms with E-state index in [-0.39, 0.29) is 0 Å². The molecule has 0 saturated carbocycles. The molecule has 22 heavy (non-hydrogen) atoms. The van der Waals surface area contributed by atoms with Crippen LogP contribution in [0, 0.1) is 6.92 Å². The van der Waals surface area contributed by atoms with Gasteiger partial charge in [0.05, 0.1) is 5.02 Å². The topological polar surface area (TPSA) is 69.1 Å². The maximum Gasteiger partial charge on any atom is 0.235 e. The molecule has 0 spiro atoms. The molecule has 0 radical (unpaired) electrons. The van der Waals surface area contributed by atoms with Gasteiger partial charge in [0, 0.05) is 17.5 Å². The van der Waals surface area contributed by atoms with Gasteiger partial charge in [-0.2, -0.15) is 9.61 Å². The van der Waals surface area contributed by atoms with Crippen LogP contribution in [0.4, 0.5) is 0 Å². The highest BCUT2D eigenvalue weighted by atomic mass is 35.5. The normalized spacial score (nSPS) is 11.4. The molecular formula is C13H7Cl2N5OS. The molecule has 0 amide bonds. The van der Waals surface area contributed by atoms with E-state index in [1.54, 1.807) is 35.9 Å². The van der Waals surface area contributed by atoms with Crippen molar-refractivity contribution in [2.75, 3.05) is 0 Å². The summed E-state index contributed by atoms with van der Waals surface area (Å²) in [5.74, 6) is 1.12. The van der Waals surface area contributed by atoms with Crippen LogP contribution in [0.5, 0.6) is 0 Å². The fourth-order valence-corrected chi connectivity index (χ4v) is 3.18. The van der Waals surface area contributed by atoms with E-state index in [0.29, 0.717) is 43.0 Å². The van der Waals surface area contributed by atoms with Gasteiger partial charge >= 0.3 is 0 Å². The van der Waals surface area contributed by atoms with Crippen LogP contribution in [0.3, 0.4) is 0 Å². The van der Waals surface area contributed by atoms with Crippen molar-refractivity contribution < 1.29 is 4.42 Å². The van der Waals surface area contributed by atoms with Crippen LogP contribution in [0.25, 0.3) is 27.1 Å². The Bertz CT molecular complexity index is 990. The molecule has 3 heterocycles. The lowest BCUT2D eigenvalue weighted by atomic mass is 10.2. The van der Waals surface area contributed by atoms with Gasteiger partial charge in [-0.1, -0.05) is 34.5 Å². The van der Waals surface area contributed by atoms with Gasteiger partial charge in [-0.25, -0.2) is 4.98 Å². The van der Waals surface area contributed by atoms with E-state index in [9.17, 15) is 0 Å². The standard InChI is InChI=1S/C13H7Cl2N5OS/c1-6-16-10(5-21-6)12-19-20-11(17-18-13(20)22-12)8-4-7(14)2-3-9(8)15/h2-5H,1H3. The third-order valence-corrected chi connectivity index (χ3v) is 4.48. The summed E-state index contributed by atoms with van der Waals surface area (Å²) in [5.41, 5.74) is 1.34. The van der Waals surface area contributed by atoms with Crippen LogP contribution >= 0.6 is 34.5 Å². The van der Waals surface area contributed by atoms with Gasteiger partial charge in [0.15, 0.2) is 16.7 Å². The molecule has 9 heteroatoms. The summed E-state index contributed by atoms with van der Waals surface area (Å²) >= 11 is 13.6. The number of halogens is 2. The van der Waals surface area contributed by atoms with Crippen LogP contribution < -0.4 is 0 Å². The van der Waals surface area contributed by atoms with Crippen molar-refractivity contribution in [3.05, 3.63) is 40.4 Å². The first-order chi connectivity index (χ1) is 10.6. The number of aromatic nitrogens is 5. The highest BCUT2D eigenvalue weighted by Gasteiger charge is 2.18. The summed E-state index contributed by atoms with van der Waals surface area (Å²) in [7, 11) is 0. The molecule has 4 rings (SSSR count). The molecule has 0 fully saturated rings. The second-order valence-corrected chi connectivity index (χ2v) is 6.30. The van der Waals surface area contributed by atoms with Crippen LogP contribution in [0.1, 0.15) is 5.89 Å². The van der Waals surface area contributed by atoms with E-state index in [1.807, 2.05) is 0 Å². The minimum absolute atomic E-state index is 0.533. The maximum atomic E-state index is 6.22. The first-order valence-corrected chi connectivity index (χ1v) is 7.79. The second kappa shape index (κ2) is 5.05. The molecule has 110 valence electrons. The summed E-state index contributed by atoms with van der Waals surface area (Å²) in [6.07, 6.45) is 1.56. The fourth-order valence-electron chi connectivity index (χ4n) is 2.02. The summed E-state index contributed by atoms with van der Waals surface area (Å²) in [4.78, 5) is 4.90. The number of fused-ring (bicyclic) bond motifs is 1. The molecule has 0 atom stereocenters. The molecule has 1 aromatic carbocycles. The van der Waals surface area contributed by atoms with Gasteiger partial charge in [0.25, 0.3) is 0 Å². The number of hydrogen-bond acceptors (Lipinski definition) is 6. The van der Waals surface area contributed by atoms with E-state index in [0.717, 1.165) is 0 Å². The van der Waals surface area contributed by atoms with Crippen LogP contribution in [0.2, 0.25) is 10.0 Å². The summed E-state index contributed by atoms with van der Waals surface area (Å²) in [6, 6.07) is 5.17. The van der Waals surface area contributed by atoms with Crippen LogP contribution in [-0.4, -0.2) is 24.8 Å². The van der Waals surface area contributed by atoms with Crippen molar-refractivity contribution in [2.24, 2.45) is 0 Å². The zero-order chi connectivity index (χ0) is 15.3. The first-order valence-electron chi connectivity index (χ1n) is 6.22. The highest BCUT2D eigenvalue weighted by molar-refractivity contribution is 7.19. The minimum Gasteiger partial charge on any atom is -0.449 e. The van der Waals surface area contributed by atoms with Crippen LogP contribution in [0.15, 0.2) is 28.9 Å². The predicted octanol–water partition coefficient (Wildman–Crippen LogP) is 4.12. The monoisotopic (exact) mass is 351 g/mol. The average Bonchev–Trinajstić information content (AvgIpc) is 3.16. The SMILES string of the molecule is Cc1nc(-c2nn3c(-c4cc(Cl)ccc4Cl)nnc3s2)co1. The third kappa shape index (κ3) is 2.18. The molecule has 4 aromatic rings. The Balaban J connectivity index is 1.89. The largest absolute Gasteiger partial charge is 0.449 e. The van der Waals surface area contributed by atoms with Crippen molar-refractivity contribution in [2.45, 2.75) is 6.92 Å². The summed E-state index contributed by atoms with van der Waals surface area (Å²) in [5, 5.41) is 14.6. The highest BCUT2D eigenvalue weighted by Crippen LogP contribution is 2.32. The van der Waals surface area contributed by atoms with Gasteiger partial charge in [-0.3, -0.25) is 0 Å². The molecule has 0 saturated heterocycles. The molecule has 0 aliphatic heterocycles. The van der Waals surface area contributed by atoms with Gasteiger partial charge in [-0.05, 0) is 18.2 Å². The Kier molecular flexibility index (Phi) is 3.14. The average molecular weight is 352 g/mol. The van der Waals surface area contributed by atoms with Crippen molar-refractivity contribution >= 4 is 39.5 Å². The Labute approximate surface area is 138 Å². The van der Waals surface area contributed by atoms with Crippen molar-refractivity contribution in [1.29, 1.82) is 0 Å². The predicted molar refractivity (Wildman–Crippen MR) is 84.3 cm³/mol. The molecule has 6 nitrogen and oxygen atoms in total. The fraction of sp³-hybridized carbons (Fsp3) is 0.0769. The van der Waals surface area contributed by atoms with Gasteiger partial charge < -0.3 is 4.42 Å². The minimum atomic E-state index is 0.533. The van der Waals surface area contributed by atoms with E-state index < -0.39 is 0 Å². The Hall–Kier alpha value is -1.96. The Morgan fingerprint density at radius 3 is 2.86 bits per heavy atom. The lowest BCUT2D eigenvalue weighted by Crippen LogP contribution is -1.92. The van der Waals surface area contributed by atoms with Crippen LogP contribution in [-0.2, 0) is 0 Å². The Morgan fingerprint density at radius 2 is 2.09 bits per heavy atom. The molecule has 0 unspecified atom stereocenters. The van der Waals surface area contributed by atoms with E-state index in [4.69, 9.17) is 27.6 Å². The number of rotatable bonds is 2. The maximum absolute atomic E-state index is 6.22. The number of oxazole rings is 1. The van der Waals surface area contributed by atoms with Gasteiger partial charge in [-0.15, -0.1) is 10.2 Å². The molecule has 0 bridgehead atoms. The van der Waals surface area contributed by atoms with Crippen molar-refractivity contribution in [3.8, 4) is 22.1 Å². The van der Waals surface area contributed by atoms with E-state index in [1.165, 1.54) is 11.3 Å². The first kappa shape index (κ1) is 13.7. The smallest absolute Gasteiger partial charge is 0.235 e. The molecule has 3 aromatic heterocycles. The molecule has 0 aliphatic rings. The van der Waals surface area contributed by atoms with Gasteiger partial charge in [0.2, 0.25) is 4.96 Å². The summed E-state index contributed by atoms with van der Waals surface area (Å²) < 4.78 is 6.84. The van der Waals surface area contributed by atoms with Crippen molar-refractivity contribution in [1.82, 2.24) is 24.8 Å². The number of benzene rings is 1.